The number of carbonyl (C=O) groups is 1. The molecule has 2 aromatic carbocycles. The second kappa shape index (κ2) is 8.38. The maximum atomic E-state index is 13.3. The quantitative estimate of drug-likeness (QED) is 0.583. The first kappa shape index (κ1) is 21.2. The van der Waals surface area contributed by atoms with Crippen LogP contribution in [0.5, 0.6) is 0 Å². The number of thiazole rings is 1. The van der Waals surface area contributed by atoms with E-state index < -0.39 is 10.0 Å². The Morgan fingerprint density at radius 1 is 1.12 bits per heavy atom. The molecule has 0 aliphatic carbocycles. The zero-order chi connectivity index (χ0) is 22.3. The zero-order valence-corrected chi connectivity index (χ0v) is 19.5. The number of benzene rings is 2. The molecule has 0 radical (unpaired) electrons. The molecule has 1 fully saturated rings. The summed E-state index contributed by atoms with van der Waals surface area (Å²) >= 11 is 7.60. The Bertz CT molecular complexity index is 1250. The Morgan fingerprint density at radius 3 is 2.69 bits per heavy atom. The minimum Gasteiger partial charge on any atom is -0.359 e. The Kier molecular flexibility index (Phi) is 5.56. The first-order valence-electron chi connectivity index (χ1n) is 10.3. The number of hydrogen-bond donors (Lipinski definition) is 1. The van der Waals surface area contributed by atoms with Crippen LogP contribution in [0.3, 0.4) is 0 Å². The Balaban J connectivity index is 1.34. The SMILES string of the molecule is O=C1[C@H](N2CCCc3c(Cl)cccc32)CCN1c1ccc(S(=O)(=O)Nc2nccs2)cc1. The molecule has 10 heteroatoms. The summed E-state index contributed by atoms with van der Waals surface area (Å²) in [4.78, 5) is 21.3. The van der Waals surface area contributed by atoms with Gasteiger partial charge in [-0.05, 0) is 61.2 Å². The first-order chi connectivity index (χ1) is 15.4. The van der Waals surface area contributed by atoms with Gasteiger partial charge in [0, 0.05) is 41.1 Å². The maximum Gasteiger partial charge on any atom is 0.263 e. The van der Waals surface area contributed by atoms with Crippen LogP contribution in [-0.2, 0) is 21.2 Å². The molecule has 1 amide bonds. The molecule has 0 bridgehead atoms. The van der Waals surface area contributed by atoms with Gasteiger partial charge < -0.3 is 9.80 Å². The van der Waals surface area contributed by atoms with Gasteiger partial charge in [0.05, 0.1) is 4.90 Å². The van der Waals surface area contributed by atoms with E-state index in [1.165, 1.54) is 29.7 Å². The molecule has 3 aromatic rings. The number of nitrogens with one attached hydrogen (secondary N) is 1. The number of aromatic nitrogens is 1. The van der Waals surface area contributed by atoms with Crippen LogP contribution in [-0.4, -0.2) is 38.4 Å². The van der Waals surface area contributed by atoms with Crippen molar-refractivity contribution >= 4 is 55.4 Å². The van der Waals surface area contributed by atoms with Crippen LogP contribution < -0.4 is 14.5 Å². The summed E-state index contributed by atoms with van der Waals surface area (Å²) in [6.45, 7) is 1.40. The molecule has 1 saturated heterocycles. The lowest BCUT2D eigenvalue weighted by atomic mass is 9.99. The van der Waals surface area contributed by atoms with Crippen LogP contribution in [0.25, 0.3) is 0 Å². The maximum absolute atomic E-state index is 13.3. The zero-order valence-electron chi connectivity index (χ0n) is 17.1. The van der Waals surface area contributed by atoms with E-state index in [9.17, 15) is 13.2 Å². The van der Waals surface area contributed by atoms with Crippen molar-refractivity contribution in [1.82, 2.24) is 4.98 Å². The summed E-state index contributed by atoms with van der Waals surface area (Å²) in [5, 5.41) is 2.76. The summed E-state index contributed by atoms with van der Waals surface area (Å²) in [5.41, 5.74) is 2.83. The van der Waals surface area contributed by atoms with Crippen molar-refractivity contribution in [3.05, 3.63) is 64.6 Å². The number of nitrogens with zero attached hydrogens (tertiary/aromatic N) is 3. The molecule has 0 saturated carbocycles. The summed E-state index contributed by atoms with van der Waals surface area (Å²) in [6, 6.07) is 12.0. The van der Waals surface area contributed by atoms with Gasteiger partial charge in [-0.2, -0.15) is 0 Å². The predicted molar refractivity (Wildman–Crippen MR) is 127 cm³/mol. The lowest BCUT2D eigenvalue weighted by molar-refractivity contribution is -0.118. The molecular formula is C22H21ClN4O3S2. The number of sulfonamides is 1. The van der Waals surface area contributed by atoms with Crippen molar-refractivity contribution in [2.75, 3.05) is 27.6 Å². The molecule has 166 valence electrons. The molecule has 0 spiro atoms. The van der Waals surface area contributed by atoms with Gasteiger partial charge in [-0.25, -0.2) is 13.4 Å². The highest BCUT2D eigenvalue weighted by Gasteiger charge is 2.38. The Hall–Kier alpha value is -2.62. The van der Waals surface area contributed by atoms with Gasteiger partial charge in [0.1, 0.15) is 6.04 Å². The van der Waals surface area contributed by atoms with Crippen molar-refractivity contribution < 1.29 is 13.2 Å². The molecule has 1 atom stereocenters. The van der Waals surface area contributed by atoms with Gasteiger partial charge >= 0.3 is 0 Å². The lowest BCUT2D eigenvalue weighted by Crippen LogP contribution is -2.44. The highest BCUT2D eigenvalue weighted by molar-refractivity contribution is 7.93. The third-order valence-corrected chi connectivity index (χ3v) is 8.42. The molecule has 3 heterocycles. The fraction of sp³-hybridized carbons (Fsp3) is 0.273. The number of rotatable bonds is 5. The molecule has 1 N–H and O–H groups in total. The number of carbonyl (C=O) groups excluding carboxylic acids is 1. The summed E-state index contributed by atoms with van der Waals surface area (Å²) < 4.78 is 27.6. The van der Waals surface area contributed by atoms with Crippen LogP contribution in [0.4, 0.5) is 16.5 Å². The standard InChI is InChI=1S/C22H21ClN4O3S2/c23-18-4-1-5-19-17(18)3-2-12-27(19)20-10-13-26(21(20)28)15-6-8-16(9-7-15)32(29,30)25-22-24-11-14-31-22/h1,4-9,11,14,20H,2-3,10,12-13H2,(H,24,25)/t20-/m1/s1. The number of hydrogen-bond acceptors (Lipinski definition) is 6. The Morgan fingerprint density at radius 2 is 1.94 bits per heavy atom. The van der Waals surface area contributed by atoms with Gasteiger partial charge in [0.25, 0.3) is 10.0 Å². The van der Waals surface area contributed by atoms with Crippen LogP contribution in [0.2, 0.25) is 5.02 Å². The van der Waals surface area contributed by atoms with Crippen LogP contribution in [0.1, 0.15) is 18.4 Å². The number of amides is 1. The number of fused-ring (bicyclic) bond motifs is 1. The molecule has 2 aliphatic rings. The van der Waals surface area contributed by atoms with Crippen LogP contribution >= 0.6 is 22.9 Å². The molecular weight excluding hydrogens is 468 g/mol. The van der Waals surface area contributed by atoms with E-state index in [0.29, 0.717) is 23.8 Å². The van der Waals surface area contributed by atoms with E-state index in [4.69, 9.17) is 11.6 Å². The van der Waals surface area contributed by atoms with Crippen molar-refractivity contribution in [2.24, 2.45) is 0 Å². The van der Waals surface area contributed by atoms with E-state index in [2.05, 4.69) is 14.6 Å². The predicted octanol–water partition coefficient (Wildman–Crippen LogP) is 4.16. The largest absolute Gasteiger partial charge is 0.359 e. The van der Waals surface area contributed by atoms with E-state index >= 15 is 0 Å². The molecule has 32 heavy (non-hydrogen) atoms. The number of halogens is 1. The van der Waals surface area contributed by atoms with Crippen LogP contribution in [0, 0.1) is 0 Å². The van der Waals surface area contributed by atoms with Gasteiger partial charge in [0.15, 0.2) is 5.13 Å². The van der Waals surface area contributed by atoms with Gasteiger partial charge in [-0.1, -0.05) is 17.7 Å². The first-order valence-corrected chi connectivity index (χ1v) is 13.1. The topological polar surface area (TPSA) is 82.6 Å². The molecule has 1 aromatic heterocycles. The summed E-state index contributed by atoms with van der Waals surface area (Å²) in [7, 11) is -3.73. The number of anilines is 3. The van der Waals surface area contributed by atoms with E-state index in [1.54, 1.807) is 22.4 Å². The van der Waals surface area contributed by atoms with Crippen molar-refractivity contribution in [2.45, 2.75) is 30.2 Å². The van der Waals surface area contributed by atoms with Gasteiger partial charge in [-0.15, -0.1) is 11.3 Å². The molecule has 7 nitrogen and oxygen atoms in total. The highest BCUT2D eigenvalue weighted by Crippen LogP contribution is 2.36. The average molecular weight is 489 g/mol. The van der Waals surface area contributed by atoms with E-state index in [0.717, 1.165) is 35.7 Å². The van der Waals surface area contributed by atoms with E-state index in [-0.39, 0.29) is 16.8 Å². The van der Waals surface area contributed by atoms with E-state index in [1.807, 2.05) is 18.2 Å². The minimum atomic E-state index is -3.73. The second-order valence-electron chi connectivity index (χ2n) is 7.77. The van der Waals surface area contributed by atoms with Gasteiger partial charge in [-0.3, -0.25) is 9.52 Å². The normalized spacial score (nSPS) is 18.7. The lowest BCUT2D eigenvalue weighted by Gasteiger charge is -2.35. The third kappa shape index (κ3) is 3.85. The summed E-state index contributed by atoms with van der Waals surface area (Å²) in [5.74, 6) is 0.0225. The average Bonchev–Trinajstić information content (AvgIpc) is 3.43. The van der Waals surface area contributed by atoms with Gasteiger partial charge in [0.2, 0.25) is 5.91 Å². The monoisotopic (exact) mass is 488 g/mol. The van der Waals surface area contributed by atoms with Crippen molar-refractivity contribution in [3.63, 3.8) is 0 Å². The third-order valence-electron chi connectivity index (χ3n) is 5.90. The fourth-order valence-corrected chi connectivity index (χ4v) is 6.45. The van der Waals surface area contributed by atoms with Crippen molar-refractivity contribution in [3.8, 4) is 0 Å². The smallest absolute Gasteiger partial charge is 0.263 e. The highest BCUT2D eigenvalue weighted by atomic mass is 35.5. The van der Waals surface area contributed by atoms with Crippen LogP contribution in [0.15, 0.2) is 58.9 Å². The second-order valence-corrected chi connectivity index (χ2v) is 10.7. The summed E-state index contributed by atoms with van der Waals surface area (Å²) in [6.07, 6.45) is 4.12. The minimum absolute atomic E-state index is 0.0225. The molecule has 0 unspecified atom stereocenters. The molecule has 5 rings (SSSR count). The molecule has 2 aliphatic heterocycles. The Labute approximate surface area is 195 Å². The van der Waals surface area contributed by atoms with Crippen molar-refractivity contribution in [1.29, 1.82) is 0 Å². The fourth-order valence-electron chi connectivity index (χ4n) is 4.40.